The maximum Gasteiger partial charge on any atom is 0.311 e. The minimum atomic E-state index is -0.813. The summed E-state index contributed by atoms with van der Waals surface area (Å²) in [6, 6.07) is 7.40. The van der Waals surface area contributed by atoms with Gasteiger partial charge in [0.15, 0.2) is 0 Å². The number of hydrogen-bond donors (Lipinski definition) is 2. The third-order valence-corrected chi connectivity index (χ3v) is 3.54. The molecule has 0 bridgehead atoms. The van der Waals surface area contributed by atoms with Crippen molar-refractivity contribution in [2.45, 2.75) is 26.2 Å². The van der Waals surface area contributed by atoms with Gasteiger partial charge in [-0.05, 0) is 30.9 Å². The summed E-state index contributed by atoms with van der Waals surface area (Å²) in [5.74, 6) is -0.994. The highest BCUT2D eigenvalue weighted by Gasteiger charge is 2.50. The van der Waals surface area contributed by atoms with Gasteiger partial charge in [-0.1, -0.05) is 25.1 Å². The van der Waals surface area contributed by atoms with E-state index in [9.17, 15) is 9.59 Å². The van der Waals surface area contributed by atoms with E-state index in [0.717, 1.165) is 12.0 Å². The molecule has 0 spiro atoms. The molecule has 18 heavy (non-hydrogen) atoms. The Morgan fingerprint density at radius 3 is 2.56 bits per heavy atom. The van der Waals surface area contributed by atoms with Crippen molar-refractivity contribution in [3.63, 3.8) is 0 Å². The number of carbonyl (C=O) groups is 2. The van der Waals surface area contributed by atoms with E-state index in [1.165, 1.54) is 0 Å². The van der Waals surface area contributed by atoms with Crippen molar-refractivity contribution < 1.29 is 14.7 Å². The molecule has 0 radical (unpaired) electrons. The fourth-order valence-corrected chi connectivity index (χ4v) is 2.01. The van der Waals surface area contributed by atoms with Crippen molar-refractivity contribution >= 4 is 11.9 Å². The first kappa shape index (κ1) is 12.6. The van der Waals surface area contributed by atoms with E-state index in [-0.39, 0.29) is 12.5 Å². The molecular weight excluding hydrogens is 230 g/mol. The van der Waals surface area contributed by atoms with Crippen LogP contribution in [0.25, 0.3) is 0 Å². The van der Waals surface area contributed by atoms with Gasteiger partial charge < -0.3 is 10.4 Å². The third-order valence-electron chi connectivity index (χ3n) is 3.54. The van der Waals surface area contributed by atoms with E-state index in [1.54, 1.807) is 6.07 Å². The maximum atomic E-state index is 12.0. The first-order chi connectivity index (χ1) is 8.59. The smallest absolute Gasteiger partial charge is 0.311 e. The SMILES string of the molecule is CCc1ccccc1C(=O)NCC1(C(=O)O)CC1. The van der Waals surface area contributed by atoms with Crippen LogP contribution in [-0.4, -0.2) is 23.5 Å². The molecule has 2 N–H and O–H groups in total. The van der Waals surface area contributed by atoms with Crippen LogP contribution in [0.5, 0.6) is 0 Å². The Morgan fingerprint density at radius 2 is 2.00 bits per heavy atom. The zero-order chi connectivity index (χ0) is 13.2. The topological polar surface area (TPSA) is 66.4 Å². The number of rotatable bonds is 5. The van der Waals surface area contributed by atoms with Crippen molar-refractivity contribution in [3.05, 3.63) is 35.4 Å². The lowest BCUT2D eigenvalue weighted by atomic mass is 10.0. The summed E-state index contributed by atoms with van der Waals surface area (Å²) in [7, 11) is 0. The minimum absolute atomic E-state index is 0.181. The monoisotopic (exact) mass is 247 g/mol. The van der Waals surface area contributed by atoms with E-state index in [2.05, 4.69) is 5.32 Å². The summed E-state index contributed by atoms with van der Waals surface area (Å²) in [6.45, 7) is 2.21. The molecule has 2 rings (SSSR count). The highest BCUT2D eigenvalue weighted by Crippen LogP contribution is 2.45. The highest BCUT2D eigenvalue weighted by atomic mass is 16.4. The fourth-order valence-electron chi connectivity index (χ4n) is 2.01. The van der Waals surface area contributed by atoms with Gasteiger partial charge in [-0.2, -0.15) is 0 Å². The number of carboxylic acids is 1. The van der Waals surface area contributed by atoms with Crippen molar-refractivity contribution in [2.24, 2.45) is 5.41 Å². The van der Waals surface area contributed by atoms with Crippen molar-refractivity contribution in [2.75, 3.05) is 6.54 Å². The Kier molecular flexibility index (Phi) is 3.36. The molecule has 0 unspecified atom stereocenters. The largest absolute Gasteiger partial charge is 0.481 e. The van der Waals surface area contributed by atoms with Crippen LogP contribution in [0.1, 0.15) is 35.7 Å². The van der Waals surface area contributed by atoms with E-state index >= 15 is 0 Å². The molecule has 4 heteroatoms. The summed E-state index contributed by atoms with van der Waals surface area (Å²) >= 11 is 0. The van der Waals surface area contributed by atoms with Crippen LogP contribution in [0.15, 0.2) is 24.3 Å². The van der Waals surface area contributed by atoms with Crippen LogP contribution in [0, 0.1) is 5.41 Å². The van der Waals surface area contributed by atoms with Crippen LogP contribution in [0.4, 0.5) is 0 Å². The summed E-state index contributed by atoms with van der Waals surface area (Å²) in [4.78, 5) is 23.0. The molecule has 0 aliphatic heterocycles. The first-order valence-corrected chi connectivity index (χ1v) is 6.18. The molecule has 96 valence electrons. The third kappa shape index (κ3) is 2.37. The number of aliphatic carboxylic acids is 1. The van der Waals surface area contributed by atoms with Crippen LogP contribution in [0.3, 0.4) is 0 Å². The zero-order valence-electron chi connectivity index (χ0n) is 10.4. The first-order valence-electron chi connectivity index (χ1n) is 6.18. The van der Waals surface area contributed by atoms with Crippen molar-refractivity contribution in [1.29, 1.82) is 0 Å². The molecule has 1 aliphatic rings. The number of hydrogen-bond acceptors (Lipinski definition) is 2. The van der Waals surface area contributed by atoms with Gasteiger partial charge in [0, 0.05) is 12.1 Å². The van der Waals surface area contributed by atoms with Crippen LogP contribution >= 0.6 is 0 Å². The quantitative estimate of drug-likeness (QED) is 0.834. The molecule has 1 aromatic rings. The predicted molar refractivity (Wildman–Crippen MR) is 67.5 cm³/mol. The summed E-state index contributed by atoms with van der Waals surface area (Å²) in [5.41, 5.74) is 0.910. The minimum Gasteiger partial charge on any atom is -0.481 e. The van der Waals surface area contributed by atoms with Crippen LogP contribution in [0.2, 0.25) is 0 Å². The van der Waals surface area contributed by atoms with E-state index in [1.807, 2.05) is 25.1 Å². The van der Waals surface area contributed by atoms with Crippen LogP contribution in [-0.2, 0) is 11.2 Å². The second kappa shape index (κ2) is 4.80. The average Bonchev–Trinajstić information content (AvgIpc) is 3.17. The Labute approximate surface area is 106 Å². The molecule has 4 nitrogen and oxygen atoms in total. The summed E-state index contributed by atoms with van der Waals surface area (Å²) < 4.78 is 0. The summed E-state index contributed by atoms with van der Waals surface area (Å²) in [5, 5.41) is 11.8. The lowest BCUT2D eigenvalue weighted by Gasteiger charge is -2.12. The Balaban J connectivity index is 2.02. The normalized spacial score (nSPS) is 16.1. The van der Waals surface area contributed by atoms with Gasteiger partial charge in [0.1, 0.15) is 0 Å². The average molecular weight is 247 g/mol. The number of benzene rings is 1. The van der Waals surface area contributed by atoms with Gasteiger partial charge >= 0.3 is 5.97 Å². The molecular formula is C14H17NO3. The maximum absolute atomic E-state index is 12.0. The molecule has 0 heterocycles. The van der Waals surface area contributed by atoms with Gasteiger partial charge in [-0.25, -0.2) is 0 Å². The molecule has 1 aromatic carbocycles. The van der Waals surface area contributed by atoms with Crippen molar-refractivity contribution in [1.82, 2.24) is 5.32 Å². The van der Waals surface area contributed by atoms with Gasteiger partial charge in [-0.15, -0.1) is 0 Å². The lowest BCUT2D eigenvalue weighted by molar-refractivity contribution is -0.143. The number of amides is 1. The van der Waals surface area contributed by atoms with E-state index in [0.29, 0.717) is 18.4 Å². The summed E-state index contributed by atoms with van der Waals surface area (Å²) in [6.07, 6.45) is 2.09. The molecule has 0 atom stereocenters. The van der Waals surface area contributed by atoms with Crippen molar-refractivity contribution in [3.8, 4) is 0 Å². The van der Waals surface area contributed by atoms with Gasteiger partial charge in [0.2, 0.25) is 0 Å². The van der Waals surface area contributed by atoms with Gasteiger partial charge in [-0.3, -0.25) is 9.59 Å². The molecule has 1 amide bonds. The fraction of sp³-hybridized carbons (Fsp3) is 0.429. The predicted octanol–water partition coefficient (Wildman–Crippen LogP) is 1.84. The van der Waals surface area contributed by atoms with E-state index < -0.39 is 11.4 Å². The number of carbonyl (C=O) groups excluding carboxylic acids is 1. The highest BCUT2D eigenvalue weighted by molar-refractivity contribution is 5.96. The molecule has 1 aliphatic carbocycles. The second-order valence-corrected chi connectivity index (χ2v) is 4.78. The Bertz CT molecular complexity index is 478. The number of nitrogens with one attached hydrogen (secondary N) is 1. The standard InChI is InChI=1S/C14H17NO3/c1-2-10-5-3-4-6-11(10)12(16)15-9-14(7-8-14)13(17)18/h3-6H,2,7-9H2,1H3,(H,15,16)(H,17,18). The number of aryl methyl sites for hydroxylation is 1. The molecule has 0 saturated heterocycles. The Morgan fingerprint density at radius 1 is 1.33 bits per heavy atom. The van der Waals surface area contributed by atoms with E-state index in [4.69, 9.17) is 5.11 Å². The lowest BCUT2D eigenvalue weighted by Crippen LogP contribution is -2.34. The van der Waals surface area contributed by atoms with Gasteiger partial charge in [0.25, 0.3) is 5.91 Å². The second-order valence-electron chi connectivity index (χ2n) is 4.78. The van der Waals surface area contributed by atoms with Gasteiger partial charge in [0.05, 0.1) is 5.41 Å². The zero-order valence-corrected chi connectivity index (χ0v) is 10.4. The molecule has 1 saturated carbocycles. The molecule has 1 fully saturated rings. The van der Waals surface area contributed by atoms with Crippen LogP contribution < -0.4 is 5.32 Å². The molecule has 0 aromatic heterocycles. The number of carboxylic acid groups (broad SMARTS) is 1. The Hall–Kier alpha value is -1.84.